The Labute approximate surface area is 428 Å². The van der Waals surface area contributed by atoms with Crippen LogP contribution in [0, 0.1) is 0 Å². The SMILES string of the molecule is CCCCCCCC/C=C\C/C=C\C/C=C\CCCC(=O)OC[C@H](COC(=O)CCCCCCC/C=C\CCCCCCCC)OC(=O)CCCCCCCCCCCCCCCCCCCCC. The normalized spacial score (nSPS) is 12.3. The molecule has 0 aromatic rings. The lowest BCUT2D eigenvalue weighted by Crippen LogP contribution is -2.30. The molecule has 402 valence electrons. The van der Waals surface area contributed by atoms with Crippen molar-refractivity contribution < 1.29 is 28.6 Å². The topological polar surface area (TPSA) is 78.9 Å². The van der Waals surface area contributed by atoms with Gasteiger partial charge in [0.05, 0.1) is 0 Å². The van der Waals surface area contributed by atoms with Crippen LogP contribution in [-0.2, 0) is 28.6 Å². The highest BCUT2D eigenvalue weighted by Gasteiger charge is 2.19. The van der Waals surface area contributed by atoms with E-state index in [0.717, 1.165) is 64.2 Å². The molecule has 0 heterocycles. The van der Waals surface area contributed by atoms with E-state index in [2.05, 4.69) is 69.4 Å². The second kappa shape index (κ2) is 57.9. The minimum absolute atomic E-state index is 0.0900. The average molecular weight is 968 g/mol. The molecule has 0 aliphatic heterocycles. The molecular formula is C63H114O6. The maximum atomic E-state index is 12.9. The summed E-state index contributed by atoms with van der Waals surface area (Å²) in [5.74, 6) is -0.935. The zero-order valence-electron chi connectivity index (χ0n) is 46.1. The van der Waals surface area contributed by atoms with Crippen molar-refractivity contribution in [3.63, 3.8) is 0 Å². The number of unbranched alkanes of at least 4 members (excludes halogenated alkanes) is 36. The number of carbonyl (C=O) groups excluding carboxylic acids is 3. The van der Waals surface area contributed by atoms with Gasteiger partial charge in [0.1, 0.15) is 13.2 Å². The van der Waals surface area contributed by atoms with Gasteiger partial charge >= 0.3 is 17.9 Å². The monoisotopic (exact) mass is 967 g/mol. The summed E-state index contributed by atoms with van der Waals surface area (Å²) in [6.45, 7) is 6.62. The molecule has 0 bridgehead atoms. The van der Waals surface area contributed by atoms with Gasteiger partial charge in [0.2, 0.25) is 0 Å². The summed E-state index contributed by atoms with van der Waals surface area (Å²) in [6.07, 6.45) is 71.1. The Bertz CT molecular complexity index is 1200. The van der Waals surface area contributed by atoms with Gasteiger partial charge in [0.25, 0.3) is 0 Å². The van der Waals surface area contributed by atoms with Crippen LogP contribution >= 0.6 is 0 Å². The Kier molecular flexibility index (Phi) is 55.7. The Morgan fingerprint density at radius 1 is 0.290 bits per heavy atom. The highest BCUT2D eigenvalue weighted by atomic mass is 16.6. The van der Waals surface area contributed by atoms with E-state index in [1.807, 2.05) is 0 Å². The Hall–Kier alpha value is -2.63. The van der Waals surface area contributed by atoms with Crippen LogP contribution in [0.4, 0.5) is 0 Å². The fourth-order valence-corrected chi connectivity index (χ4v) is 8.75. The van der Waals surface area contributed by atoms with Crippen molar-refractivity contribution in [3.8, 4) is 0 Å². The number of rotatable bonds is 55. The van der Waals surface area contributed by atoms with Crippen LogP contribution in [0.3, 0.4) is 0 Å². The van der Waals surface area contributed by atoms with Crippen LogP contribution in [-0.4, -0.2) is 37.2 Å². The Balaban J connectivity index is 4.41. The summed E-state index contributed by atoms with van der Waals surface area (Å²) >= 11 is 0. The number of allylic oxidation sites excluding steroid dienone is 8. The fourth-order valence-electron chi connectivity index (χ4n) is 8.75. The average Bonchev–Trinajstić information content (AvgIpc) is 3.35. The first-order valence-corrected chi connectivity index (χ1v) is 30.1. The van der Waals surface area contributed by atoms with E-state index < -0.39 is 6.10 Å². The zero-order chi connectivity index (χ0) is 50.0. The second-order valence-corrected chi connectivity index (χ2v) is 20.3. The third-order valence-electron chi connectivity index (χ3n) is 13.3. The number of ether oxygens (including phenoxy) is 3. The molecule has 0 aliphatic carbocycles. The van der Waals surface area contributed by atoms with Gasteiger partial charge in [-0.15, -0.1) is 0 Å². The van der Waals surface area contributed by atoms with E-state index in [1.165, 1.54) is 205 Å². The fraction of sp³-hybridized carbons (Fsp3) is 0.825. The predicted octanol–water partition coefficient (Wildman–Crippen LogP) is 20.2. The molecule has 0 aromatic heterocycles. The highest BCUT2D eigenvalue weighted by molar-refractivity contribution is 5.71. The van der Waals surface area contributed by atoms with Gasteiger partial charge in [-0.2, -0.15) is 0 Å². The van der Waals surface area contributed by atoms with E-state index in [4.69, 9.17) is 14.2 Å². The molecule has 69 heavy (non-hydrogen) atoms. The number of esters is 3. The predicted molar refractivity (Wildman–Crippen MR) is 298 cm³/mol. The summed E-state index contributed by atoms with van der Waals surface area (Å²) in [5, 5.41) is 0. The molecule has 0 saturated heterocycles. The third kappa shape index (κ3) is 56.2. The smallest absolute Gasteiger partial charge is 0.306 e. The van der Waals surface area contributed by atoms with Crippen LogP contribution in [0.2, 0.25) is 0 Å². The Morgan fingerprint density at radius 2 is 0.536 bits per heavy atom. The zero-order valence-corrected chi connectivity index (χ0v) is 46.1. The van der Waals surface area contributed by atoms with Gasteiger partial charge in [0, 0.05) is 19.3 Å². The van der Waals surface area contributed by atoms with Gasteiger partial charge in [-0.1, -0.05) is 268 Å². The van der Waals surface area contributed by atoms with E-state index >= 15 is 0 Å². The quantitative estimate of drug-likeness (QED) is 0.0262. The van der Waals surface area contributed by atoms with Crippen LogP contribution in [0.1, 0.15) is 316 Å². The largest absolute Gasteiger partial charge is 0.462 e. The van der Waals surface area contributed by atoms with Gasteiger partial charge in [-0.25, -0.2) is 0 Å². The molecule has 6 nitrogen and oxygen atoms in total. The van der Waals surface area contributed by atoms with Crippen molar-refractivity contribution in [1.29, 1.82) is 0 Å². The summed E-state index contributed by atoms with van der Waals surface area (Å²) in [5.41, 5.74) is 0. The second-order valence-electron chi connectivity index (χ2n) is 20.3. The van der Waals surface area contributed by atoms with Crippen molar-refractivity contribution in [2.24, 2.45) is 0 Å². The lowest BCUT2D eigenvalue weighted by Gasteiger charge is -2.18. The lowest BCUT2D eigenvalue weighted by atomic mass is 10.0. The van der Waals surface area contributed by atoms with E-state index in [1.54, 1.807) is 0 Å². The van der Waals surface area contributed by atoms with Crippen molar-refractivity contribution >= 4 is 17.9 Å². The van der Waals surface area contributed by atoms with E-state index in [9.17, 15) is 14.4 Å². The van der Waals surface area contributed by atoms with E-state index in [-0.39, 0.29) is 31.1 Å². The number of carbonyl (C=O) groups is 3. The molecule has 0 rings (SSSR count). The van der Waals surface area contributed by atoms with Crippen molar-refractivity contribution in [2.45, 2.75) is 322 Å². The molecule has 0 fully saturated rings. The first-order valence-electron chi connectivity index (χ1n) is 30.1. The molecule has 0 N–H and O–H groups in total. The molecule has 0 saturated carbocycles. The molecule has 0 aliphatic rings. The maximum Gasteiger partial charge on any atom is 0.306 e. The summed E-state index contributed by atoms with van der Waals surface area (Å²) in [7, 11) is 0. The van der Waals surface area contributed by atoms with Gasteiger partial charge in [-0.05, 0) is 77.0 Å². The van der Waals surface area contributed by atoms with Crippen LogP contribution in [0.15, 0.2) is 48.6 Å². The first-order chi connectivity index (χ1) is 34.0. The minimum Gasteiger partial charge on any atom is -0.462 e. The van der Waals surface area contributed by atoms with Gasteiger partial charge < -0.3 is 14.2 Å². The molecule has 6 heteroatoms. The number of hydrogen-bond acceptors (Lipinski definition) is 6. The number of hydrogen-bond donors (Lipinski definition) is 0. The molecular weight excluding hydrogens is 853 g/mol. The first kappa shape index (κ1) is 66.4. The third-order valence-corrected chi connectivity index (χ3v) is 13.3. The van der Waals surface area contributed by atoms with Crippen molar-refractivity contribution in [2.75, 3.05) is 13.2 Å². The van der Waals surface area contributed by atoms with Gasteiger partial charge in [0.15, 0.2) is 6.10 Å². The standard InChI is InChI=1S/C63H114O6/c1-4-7-10-13-16-19-22-25-28-30-31-33-36-39-42-45-48-51-54-57-63(66)69-60(58-67-61(64)55-52-49-46-43-40-37-34-27-24-21-18-15-12-9-6-3)59-68-62(65)56-53-50-47-44-41-38-35-32-29-26-23-20-17-14-11-8-5-2/h26-27,29,34-35,38,44,47,60H,4-25,28,30-33,36-37,39-43,45-46,48-59H2,1-3H3/b29-26-,34-27-,38-35-,47-44-/t60-/m0/s1. The van der Waals surface area contributed by atoms with Gasteiger partial charge in [-0.3, -0.25) is 14.4 Å². The lowest BCUT2D eigenvalue weighted by molar-refractivity contribution is -0.167. The van der Waals surface area contributed by atoms with Crippen LogP contribution < -0.4 is 0 Å². The molecule has 0 aromatic carbocycles. The maximum absolute atomic E-state index is 12.9. The minimum atomic E-state index is -0.795. The molecule has 0 unspecified atom stereocenters. The summed E-state index contributed by atoms with van der Waals surface area (Å²) in [6, 6.07) is 0. The van der Waals surface area contributed by atoms with E-state index in [0.29, 0.717) is 25.7 Å². The summed E-state index contributed by atoms with van der Waals surface area (Å²) in [4.78, 5) is 38.2. The van der Waals surface area contributed by atoms with Crippen LogP contribution in [0.25, 0.3) is 0 Å². The summed E-state index contributed by atoms with van der Waals surface area (Å²) < 4.78 is 16.8. The van der Waals surface area contributed by atoms with Crippen molar-refractivity contribution in [1.82, 2.24) is 0 Å². The molecule has 1 atom stereocenters. The molecule has 0 spiro atoms. The Morgan fingerprint density at radius 3 is 0.884 bits per heavy atom. The highest BCUT2D eigenvalue weighted by Crippen LogP contribution is 2.16. The molecule has 0 amide bonds. The molecule has 0 radical (unpaired) electrons. The van der Waals surface area contributed by atoms with Crippen LogP contribution in [0.5, 0.6) is 0 Å². The van der Waals surface area contributed by atoms with Crippen molar-refractivity contribution in [3.05, 3.63) is 48.6 Å².